The number of hydrogen-bond donors (Lipinski definition) is 3. The van der Waals surface area contributed by atoms with Gasteiger partial charge in [0.05, 0.1) is 26.5 Å². The van der Waals surface area contributed by atoms with Crippen LogP contribution in [0.25, 0.3) is 0 Å². The molecule has 1 aromatic carbocycles. The maximum absolute atomic E-state index is 10.6. The molecule has 1 unspecified atom stereocenters. The van der Waals surface area contributed by atoms with Gasteiger partial charge in [-0.3, -0.25) is 9.67 Å². The number of aliphatic hydroxyl groups is 1. The van der Waals surface area contributed by atoms with Gasteiger partial charge < -0.3 is 25.2 Å². The number of benzene rings is 1. The molecule has 168 valence electrons. The Morgan fingerprint density at radius 2 is 1.97 bits per heavy atom. The largest absolute Gasteiger partial charge is 0.497 e. The highest BCUT2D eigenvalue weighted by atomic mass is 127. The van der Waals surface area contributed by atoms with Crippen molar-refractivity contribution in [1.29, 1.82) is 0 Å². The van der Waals surface area contributed by atoms with Crippen molar-refractivity contribution in [3.05, 3.63) is 41.2 Å². The number of halogens is 1. The Kier molecular flexibility index (Phi) is 11.6. The molecule has 0 saturated carbocycles. The van der Waals surface area contributed by atoms with Crippen LogP contribution in [0.1, 0.15) is 36.4 Å². The van der Waals surface area contributed by atoms with E-state index in [1.165, 1.54) is 5.69 Å². The number of ether oxygens (including phenoxy) is 2. The third kappa shape index (κ3) is 7.67. The molecule has 8 nitrogen and oxygen atoms in total. The van der Waals surface area contributed by atoms with Gasteiger partial charge in [-0.1, -0.05) is 0 Å². The molecule has 1 atom stereocenters. The van der Waals surface area contributed by atoms with Gasteiger partial charge in [-0.2, -0.15) is 5.10 Å². The number of hydrogen-bond acceptors (Lipinski definition) is 5. The van der Waals surface area contributed by atoms with Crippen molar-refractivity contribution < 1.29 is 14.6 Å². The summed E-state index contributed by atoms with van der Waals surface area (Å²) in [5.74, 6) is 1.94. The van der Waals surface area contributed by atoms with Crippen LogP contribution in [0.3, 0.4) is 0 Å². The fourth-order valence-electron chi connectivity index (χ4n) is 3.05. The number of nitrogens with one attached hydrogen (secondary N) is 2. The zero-order valence-electron chi connectivity index (χ0n) is 18.4. The Morgan fingerprint density at radius 1 is 1.20 bits per heavy atom. The summed E-state index contributed by atoms with van der Waals surface area (Å²) in [6.07, 6.45) is 0.115. The summed E-state index contributed by atoms with van der Waals surface area (Å²) in [5.41, 5.74) is 2.85. The zero-order valence-corrected chi connectivity index (χ0v) is 20.8. The lowest BCUT2D eigenvalue weighted by Gasteiger charge is -2.16. The predicted molar refractivity (Wildman–Crippen MR) is 130 cm³/mol. The quantitative estimate of drug-likeness (QED) is 0.189. The lowest BCUT2D eigenvalue weighted by molar-refractivity contribution is 0.182. The summed E-state index contributed by atoms with van der Waals surface area (Å²) < 4.78 is 12.6. The fourth-order valence-corrected chi connectivity index (χ4v) is 3.05. The highest BCUT2D eigenvalue weighted by Gasteiger charge is 2.14. The molecule has 0 bridgehead atoms. The average Bonchev–Trinajstić information content (AvgIpc) is 3.05. The van der Waals surface area contributed by atoms with Crippen LogP contribution in [-0.2, 0) is 6.54 Å². The average molecular weight is 531 g/mol. The van der Waals surface area contributed by atoms with Gasteiger partial charge in [0.15, 0.2) is 5.96 Å². The minimum Gasteiger partial charge on any atom is -0.497 e. The van der Waals surface area contributed by atoms with Crippen LogP contribution in [0.5, 0.6) is 11.5 Å². The van der Waals surface area contributed by atoms with Crippen molar-refractivity contribution in [3.8, 4) is 11.5 Å². The SMILES string of the molecule is CCNC(=NCC(O)c1cc(OC)ccc1OC)NCCCn1nc(C)cc1C.I. The number of guanidine groups is 1. The van der Waals surface area contributed by atoms with E-state index in [2.05, 4.69) is 33.7 Å². The Labute approximate surface area is 196 Å². The molecule has 0 radical (unpaired) electrons. The van der Waals surface area contributed by atoms with Crippen molar-refractivity contribution in [2.75, 3.05) is 33.9 Å². The molecule has 9 heteroatoms. The van der Waals surface area contributed by atoms with Crippen LogP contribution in [0.2, 0.25) is 0 Å². The van der Waals surface area contributed by atoms with Gasteiger partial charge >= 0.3 is 0 Å². The van der Waals surface area contributed by atoms with Crippen LogP contribution < -0.4 is 20.1 Å². The first kappa shape index (κ1) is 26.0. The number of aliphatic imine (C=N–C) groups is 1. The molecular weight excluding hydrogens is 497 g/mol. The minimum atomic E-state index is -0.801. The maximum Gasteiger partial charge on any atom is 0.191 e. The van der Waals surface area contributed by atoms with Crippen LogP contribution in [0, 0.1) is 13.8 Å². The van der Waals surface area contributed by atoms with E-state index in [-0.39, 0.29) is 30.5 Å². The van der Waals surface area contributed by atoms with Crippen LogP contribution in [0.4, 0.5) is 0 Å². The van der Waals surface area contributed by atoms with Gasteiger partial charge in [-0.05, 0) is 51.5 Å². The first-order valence-corrected chi connectivity index (χ1v) is 9.91. The highest BCUT2D eigenvalue weighted by molar-refractivity contribution is 14.0. The summed E-state index contributed by atoms with van der Waals surface area (Å²) >= 11 is 0. The van der Waals surface area contributed by atoms with E-state index in [0.717, 1.165) is 31.7 Å². The van der Waals surface area contributed by atoms with E-state index in [1.54, 1.807) is 32.4 Å². The Hall–Kier alpha value is -2.01. The van der Waals surface area contributed by atoms with E-state index in [4.69, 9.17) is 9.47 Å². The standard InChI is InChI=1S/C21H33N5O3.HI/c1-6-22-21(23-10-7-11-26-16(3)12-15(2)25-26)24-14-19(27)18-13-17(28-4)8-9-20(18)29-5;/h8-9,12-13,19,27H,6-7,10-11,14H2,1-5H3,(H2,22,23,24);1H. The van der Waals surface area contributed by atoms with Crippen molar-refractivity contribution >= 4 is 29.9 Å². The third-order valence-corrected chi connectivity index (χ3v) is 4.50. The van der Waals surface area contributed by atoms with E-state index < -0.39 is 6.10 Å². The Bertz CT molecular complexity index is 810. The van der Waals surface area contributed by atoms with Crippen molar-refractivity contribution in [1.82, 2.24) is 20.4 Å². The summed E-state index contributed by atoms with van der Waals surface area (Å²) in [6.45, 7) is 8.61. The number of methoxy groups -OCH3 is 2. The molecule has 2 aromatic rings. The van der Waals surface area contributed by atoms with Crippen LogP contribution >= 0.6 is 24.0 Å². The molecule has 0 amide bonds. The molecule has 0 aliphatic carbocycles. The zero-order chi connectivity index (χ0) is 21.2. The highest BCUT2D eigenvalue weighted by Crippen LogP contribution is 2.29. The number of rotatable bonds is 10. The fraction of sp³-hybridized carbons (Fsp3) is 0.524. The summed E-state index contributed by atoms with van der Waals surface area (Å²) in [7, 11) is 3.17. The summed E-state index contributed by atoms with van der Waals surface area (Å²) in [6, 6.07) is 7.43. The van der Waals surface area contributed by atoms with E-state index in [0.29, 0.717) is 23.0 Å². The molecule has 1 aromatic heterocycles. The van der Waals surface area contributed by atoms with Gasteiger partial charge in [0.2, 0.25) is 0 Å². The molecular formula is C21H34IN5O3. The summed E-state index contributed by atoms with van der Waals surface area (Å²) in [5, 5.41) is 21.6. The van der Waals surface area contributed by atoms with Gasteiger partial charge in [0, 0.05) is 30.9 Å². The molecule has 0 saturated heterocycles. The minimum absolute atomic E-state index is 0. The smallest absolute Gasteiger partial charge is 0.191 e. The molecule has 0 aliphatic heterocycles. The molecule has 0 spiro atoms. The first-order valence-electron chi connectivity index (χ1n) is 9.91. The lowest BCUT2D eigenvalue weighted by Crippen LogP contribution is -2.38. The molecule has 0 fully saturated rings. The second-order valence-corrected chi connectivity index (χ2v) is 6.77. The normalized spacial score (nSPS) is 12.1. The Balaban J connectivity index is 0.00000450. The molecule has 2 rings (SSSR count). The van der Waals surface area contributed by atoms with Crippen molar-refractivity contribution in [2.45, 2.75) is 39.8 Å². The summed E-state index contributed by atoms with van der Waals surface area (Å²) in [4.78, 5) is 4.51. The molecule has 30 heavy (non-hydrogen) atoms. The second kappa shape index (κ2) is 13.3. The van der Waals surface area contributed by atoms with Gasteiger partial charge in [-0.25, -0.2) is 0 Å². The van der Waals surface area contributed by atoms with Crippen molar-refractivity contribution in [2.24, 2.45) is 4.99 Å². The third-order valence-electron chi connectivity index (χ3n) is 4.50. The number of aliphatic hydroxyl groups excluding tert-OH is 1. The number of nitrogens with zero attached hydrogens (tertiary/aromatic N) is 3. The number of aryl methyl sites for hydroxylation is 3. The molecule has 1 heterocycles. The van der Waals surface area contributed by atoms with E-state index >= 15 is 0 Å². The first-order chi connectivity index (χ1) is 14.0. The lowest BCUT2D eigenvalue weighted by atomic mass is 10.1. The topological polar surface area (TPSA) is 92.9 Å². The van der Waals surface area contributed by atoms with Crippen molar-refractivity contribution in [3.63, 3.8) is 0 Å². The van der Waals surface area contributed by atoms with E-state index in [9.17, 15) is 5.11 Å². The molecule has 0 aliphatic rings. The van der Waals surface area contributed by atoms with E-state index in [1.807, 2.05) is 18.5 Å². The van der Waals surface area contributed by atoms with Gasteiger partial charge in [0.25, 0.3) is 0 Å². The van der Waals surface area contributed by atoms with Crippen LogP contribution in [-0.4, -0.2) is 54.7 Å². The number of aromatic nitrogens is 2. The maximum atomic E-state index is 10.6. The van der Waals surface area contributed by atoms with Gasteiger partial charge in [-0.15, -0.1) is 24.0 Å². The molecule has 3 N–H and O–H groups in total. The van der Waals surface area contributed by atoms with Crippen LogP contribution in [0.15, 0.2) is 29.3 Å². The second-order valence-electron chi connectivity index (χ2n) is 6.77. The van der Waals surface area contributed by atoms with Gasteiger partial charge in [0.1, 0.15) is 17.6 Å². The monoisotopic (exact) mass is 531 g/mol. The Morgan fingerprint density at radius 3 is 2.57 bits per heavy atom. The predicted octanol–water partition coefficient (Wildman–Crippen LogP) is 2.81.